The third-order valence-corrected chi connectivity index (χ3v) is 7.47. The van der Waals surface area contributed by atoms with E-state index in [1.54, 1.807) is 43.3 Å². The van der Waals surface area contributed by atoms with Crippen molar-refractivity contribution < 1.29 is 57.2 Å². The summed E-state index contributed by atoms with van der Waals surface area (Å²) < 4.78 is 39.0. The van der Waals surface area contributed by atoms with Gasteiger partial charge in [0.2, 0.25) is 0 Å². The number of halogens is 2. The molecular weight excluding hydrogens is 576 g/mol. The average Bonchev–Trinajstić information content (AvgIpc) is 2.88. The van der Waals surface area contributed by atoms with Crippen LogP contribution in [-0.4, -0.2) is 26.0 Å². The molecule has 0 bridgehead atoms. The summed E-state index contributed by atoms with van der Waals surface area (Å²) >= 11 is 12.2. The Morgan fingerprint density at radius 3 is 2.46 bits per heavy atom. The molecule has 0 saturated carbocycles. The molecule has 0 aromatic heterocycles. The van der Waals surface area contributed by atoms with E-state index in [0.29, 0.717) is 39.2 Å². The molecule has 0 saturated heterocycles. The van der Waals surface area contributed by atoms with Crippen LogP contribution < -0.4 is 44.7 Å². The zero-order valence-electron chi connectivity index (χ0n) is 21.0. The molecule has 0 aliphatic carbocycles. The van der Waals surface area contributed by atoms with Gasteiger partial charge in [-0.2, -0.15) is 13.5 Å². The largest absolute Gasteiger partial charge is 1.00 e. The molecule has 0 heterocycles. The normalized spacial score (nSPS) is 11.4. The maximum absolute atomic E-state index is 13.4. The van der Waals surface area contributed by atoms with Crippen molar-refractivity contribution in [2.75, 3.05) is 12.4 Å². The van der Waals surface area contributed by atoms with Crippen LogP contribution in [0.3, 0.4) is 0 Å². The fraction of sp³-hybridized carbons (Fsp3) is 0.115. The second-order valence-corrected chi connectivity index (χ2v) is 10.2. The van der Waals surface area contributed by atoms with Gasteiger partial charge >= 0.3 is 29.6 Å². The standard InChI is InChI=1S/C26H21Cl2N3O6S.Na/c1-3-14-8-11-20(25(22(14)28)38(34,35)36)30-31-23-17-7-5-4-6-15(17)12-18(24(23)32)26(33)29-16-9-10-19(27)21(13-16)37-2;/h4-13,32H,3H2,1-2H3,(H,29,33)(H,34,35,36);/q;+1/p-1. The number of methoxy groups -OCH3 is 1. The zero-order chi connectivity index (χ0) is 27.6. The van der Waals surface area contributed by atoms with Crippen LogP contribution in [0.4, 0.5) is 17.1 Å². The number of benzene rings is 4. The van der Waals surface area contributed by atoms with E-state index in [9.17, 15) is 22.9 Å². The molecule has 196 valence electrons. The van der Waals surface area contributed by atoms with Crippen molar-refractivity contribution in [3.63, 3.8) is 0 Å². The van der Waals surface area contributed by atoms with Crippen molar-refractivity contribution in [1.29, 1.82) is 0 Å². The first-order chi connectivity index (χ1) is 18.0. The summed E-state index contributed by atoms with van der Waals surface area (Å²) in [4.78, 5) is 12.5. The summed E-state index contributed by atoms with van der Waals surface area (Å²) in [6.45, 7) is 1.77. The van der Waals surface area contributed by atoms with Crippen LogP contribution in [0, 0.1) is 0 Å². The Kier molecular flexibility index (Phi) is 10.0. The maximum atomic E-state index is 13.4. The number of carbonyl (C=O) groups excluding carboxylic acids is 1. The number of fused-ring (bicyclic) bond motifs is 1. The number of anilines is 1. The van der Waals surface area contributed by atoms with Gasteiger partial charge in [0, 0.05) is 22.7 Å². The van der Waals surface area contributed by atoms with Crippen LogP contribution in [0.5, 0.6) is 11.5 Å². The molecule has 0 fully saturated rings. The number of hydrogen-bond donors (Lipinski definition) is 2. The van der Waals surface area contributed by atoms with E-state index in [1.807, 2.05) is 0 Å². The van der Waals surface area contributed by atoms with Crippen molar-refractivity contribution in [1.82, 2.24) is 0 Å². The van der Waals surface area contributed by atoms with Gasteiger partial charge in [0.1, 0.15) is 16.3 Å². The molecule has 0 aliphatic rings. The molecule has 39 heavy (non-hydrogen) atoms. The van der Waals surface area contributed by atoms with E-state index in [-0.39, 0.29) is 51.5 Å². The first-order valence-electron chi connectivity index (χ1n) is 11.1. The number of nitrogens with zero attached hydrogens (tertiary/aromatic N) is 2. The molecule has 13 heteroatoms. The van der Waals surface area contributed by atoms with Crippen molar-refractivity contribution >= 4 is 67.1 Å². The van der Waals surface area contributed by atoms with Gasteiger partial charge in [-0.25, -0.2) is 0 Å². The third-order valence-electron chi connectivity index (χ3n) is 5.68. The molecule has 2 N–H and O–H groups in total. The number of amides is 1. The molecule has 4 rings (SSSR count). The fourth-order valence-electron chi connectivity index (χ4n) is 3.80. The van der Waals surface area contributed by atoms with Gasteiger partial charge in [0.25, 0.3) is 16.0 Å². The Hall–Kier alpha value is -2.70. The number of hydrogen-bond acceptors (Lipinski definition) is 7. The number of rotatable bonds is 7. The zero-order valence-corrected chi connectivity index (χ0v) is 25.4. The van der Waals surface area contributed by atoms with E-state index < -0.39 is 26.7 Å². The molecule has 0 spiro atoms. The van der Waals surface area contributed by atoms with Crippen LogP contribution in [0.25, 0.3) is 10.8 Å². The van der Waals surface area contributed by atoms with E-state index in [0.717, 1.165) is 0 Å². The van der Waals surface area contributed by atoms with E-state index >= 15 is 0 Å². The van der Waals surface area contributed by atoms with Crippen molar-refractivity contribution in [2.24, 2.45) is 10.2 Å². The van der Waals surface area contributed by atoms with Gasteiger partial charge in [0.05, 0.1) is 22.8 Å². The Morgan fingerprint density at radius 2 is 1.79 bits per heavy atom. The Balaban J connectivity index is 0.00000420. The number of azo groups is 1. The molecule has 9 nitrogen and oxygen atoms in total. The maximum Gasteiger partial charge on any atom is 1.00 e. The predicted molar refractivity (Wildman–Crippen MR) is 144 cm³/mol. The molecule has 4 aromatic carbocycles. The van der Waals surface area contributed by atoms with E-state index in [1.165, 1.54) is 31.4 Å². The molecule has 0 unspecified atom stereocenters. The van der Waals surface area contributed by atoms with E-state index in [2.05, 4.69) is 15.5 Å². The molecule has 0 radical (unpaired) electrons. The fourth-order valence-corrected chi connectivity index (χ4v) is 5.31. The number of ether oxygens (including phenoxy) is 1. The number of aryl methyl sites for hydroxylation is 1. The molecule has 0 atom stereocenters. The minimum atomic E-state index is -4.77. The summed E-state index contributed by atoms with van der Waals surface area (Å²) in [6.07, 6.45) is 0.408. The second kappa shape index (κ2) is 12.6. The van der Waals surface area contributed by atoms with Crippen LogP contribution in [0.1, 0.15) is 22.8 Å². The van der Waals surface area contributed by atoms with Crippen LogP contribution >= 0.6 is 23.2 Å². The summed E-state index contributed by atoms with van der Waals surface area (Å²) in [7, 11) is -3.34. The van der Waals surface area contributed by atoms with Crippen molar-refractivity contribution in [3.8, 4) is 11.5 Å². The summed E-state index contributed by atoms with van der Waals surface area (Å²) in [6, 6.07) is 15.6. The third kappa shape index (κ3) is 6.55. The van der Waals surface area contributed by atoms with E-state index in [4.69, 9.17) is 27.9 Å². The molecule has 4 aromatic rings. The smallest absolute Gasteiger partial charge is 0.870 e. The first-order valence-corrected chi connectivity index (χ1v) is 13.3. The predicted octanol–water partition coefficient (Wildman–Crippen LogP) is 3.71. The quantitative estimate of drug-likeness (QED) is 0.189. The minimum absolute atomic E-state index is 0. The van der Waals surface area contributed by atoms with Gasteiger partial charge < -0.3 is 15.2 Å². The van der Waals surface area contributed by atoms with Gasteiger partial charge in [0.15, 0.2) is 0 Å². The molecular formula is C26H20Cl2N3NaO6S. The minimum Gasteiger partial charge on any atom is -0.870 e. The first kappa shape index (κ1) is 30.8. The summed E-state index contributed by atoms with van der Waals surface area (Å²) in [5.41, 5.74) is 0.141. The monoisotopic (exact) mass is 595 g/mol. The summed E-state index contributed by atoms with van der Waals surface area (Å²) in [5, 5.41) is 25.1. The van der Waals surface area contributed by atoms with Crippen molar-refractivity contribution in [2.45, 2.75) is 18.2 Å². The SMILES string of the molecule is CCc1ccc(N=Nc2c([O-])c(C(=O)Nc3ccc(Cl)c(OC)c3)cc3ccccc23)c(S(=O)(=O)O)c1Cl.[Na+]. The second-order valence-electron chi connectivity index (χ2n) is 8.04. The molecule has 0 aliphatic heterocycles. The van der Waals surface area contributed by atoms with Gasteiger partial charge in [-0.05, 0) is 41.6 Å². The van der Waals surface area contributed by atoms with Gasteiger partial charge in [-0.3, -0.25) is 9.35 Å². The Labute approximate surface area is 256 Å². The van der Waals surface area contributed by atoms with Crippen molar-refractivity contribution in [3.05, 3.63) is 81.8 Å². The summed E-state index contributed by atoms with van der Waals surface area (Å²) in [5.74, 6) is -1.12. The topological polar surface area (TPSA) is 140 Å². The average molecular weight is 596 g/mol. The van der Waals surface area contributed by atoms with Crippen LogP contribution in [-0.2, 0) is 16.5 Å². The van der Waals surface area contributed by atoms with Crippen LogP contribution in [0.15, 0.2) is 75.8 Å². The number of nitrogens with one attached hydrogen (secondary N) is 1. The molecule has 1 amide bonds. The van der Waals surface area contributed by atoms with Gasteiger partial charge in [-0.1, -0.05) is 66.2 Å². The van der Waals surface area contributed by atoms with Gasteiger partial charge in [-0.15, -0.1) is 5.11 Å². The van der Waals surface area contributed by atoms with Crippen LogP contribution in [0.2, 0.25) is 10.0 Å². The number of carbonyl (C=O) groups is 1. The Bertz CT molecular complexity index is 1710. The Morgan fingerprint density at radius 1 is 1.08 bits per heavy atom.